The summed E-state index contributed by atoms with van der Waals surface area (Å²) in [5.74, 6) is 0.408. The highest BCUT2D eigenvalue weighted by atomic mass is 35.5. The normalized spacial score (nSPS) is 12.7. The van der Waals surface area contributed by atoms with E-state index in [0.29, 0.717) is 5.76 Å². The van der Waals surface area contributed by atoms with Crippen molar-refractivity contribution in [3.8, 4) is 0 Å². The highest BCUT2D eigenvalue weighted by Crippen LogP contribution is 2.17. The zero-order chi connectivity index (χ0) is 8.27. The van der Waals surface area contributed by atoms with Gasteiger partial charge in [0.25, 0.3) is 0 Å². The van der Waals surface area contributed by atoms with Crippen molar-refractivity contribution in [3.63, 3.8) is 0 Å². The van der Waals surface area contributed by atoms with Crippen LogP contribution in [0.4, 0.5) is 8.78 Å². The van der Waals surface area contributed by atoms with Gasteiger partial charge in [0, 0.05) is 6.42 Å². The SMILES string of the molecule is Cl.N[C@H](CC(F)F)c1ccco1. The third-order valence-electron chi connectivity index (χ3n) is 1.34. The molecule has 0 radical (unpaired) electrons. The molecule has 0 bridgehead atoms. The Balaban J connectivity index is 0.00000121. The maximum atomic E-state index is 11.8. The van der Waals surface area contributed by atoms with Crippen LogP contribution in [0, 0.1) is 0 Å². The summed E-state index contributed by atoms with van der Waals surface area (Å²) in [6.07, 6.45) is -1.32. The van der Waals surface area contributed by atoms with Gasteiger partial charge in [-0.2, -0.15) is 0 Å². The minimum absolute atomic E-state index is 0. The first-order chi connectivity index (χ1) is 5.20. The summed E-state index contributed by atoms with van der Waals surface area (Å²) >= 11 is 0. The summed E-state index contributed by atoms with van der Waals surface area (Å²) in [5.41, 5.74) is 5.37. The lowest BCUT2D eigenvalue weighted by atomic mass is 10.2. The summed E-state index contributed by atoms with van der Waals surface area (Å²) in [7, 11) is 0. The van der Waals surface area contributed by atoms with Crippen LogP contribution in [0.15, 0.2) is 22.8 Å². The predicted molar refractivity (Wildman–Crippen MR) is 43.5 cm³/mol. The molecule has 1 heterocycles. The molecule has 2 N–H and O–H groups in total. The molecular weight excluding hydrogens is 188 g/mol. The van der Waals surface area contributed by atoms with Crippen LogP contribution in [-0.4, -0.2) is 6.43 Å². The minimum Gasteiger partial charge on any atom is -0.468 e. The van der Waals surface area contributed by atoms with Crippen molar-refractivity contribution in [1.82, 2.24) is 0 Å². The largest absolute Gasteiger partial charge is 0.468 e. The second-order valence-electron chi connectivity index (χ2n) is 2.25. The molecule has 1 aromatic rings. The van der Waals surface area contributed by atoms with Crippen molar-refractivity contribution in [3.05, 3.63) is 24.2 Å². The highest BCUT2D eigenvalue weighted by molar-refractivity contribution is 5.85. The fourth-order valence-electron chi connectivity index (χ4n) is 0.810. The molecule has 0 aliphatic rings. The zero-order valence-electron chi connectivity index (χ0n) is 6.24. The van der Waals surface area contributed by atoms with Gasteiger partial charge in [0.05, 0.1) is 12.3 Å². The molecule has 12 heavy (non-hydrogen) atoms. The lowest BCUT2D eigenvalue weighted by molar-refractivity contribution is 0.125. The van der Waals surface area contributed by atoms with E-state index in [9.17, 15) is 8.78 Å². The topological polar surface area (TPSA) is 39.2 Å². The highest BCUT2D eigenvalue weighted by Gasteiger charge is 2.14. The molecule has 0 aromatic carbocycles. The summed E-state index contributed by atoms with van der Waals surface area (Å²) in [6.45, 7) is 0. The summed E-state index contributed by atoms with van der Waals surface area (Å²) in [5, 5.41) is 0. The molecule has 2 nitrogen and oxygen atoms in total. The predicted octanol–water partition coefficient (Wildman–Crippen LogP) is 2.36. The van der Waals surface area contributed by atoms with Crippen molar-refractivity contribution >= 4 is 12.4 Å². The maximum absolute atomic E-state index is 11.8. The Labute approximate surface area is 75.1 Å². The maximum Gasteiger partial charge on any atom is 0.240 e. The van der Waals surface area contributed by atoms with Crippen LogP contribution >= 0.6 is 12.4 Å². The monoisotopic (exact) mass is 197 g/mol. The van der Waals surface area contributed by atoms with E-state index in [1.54, 1.807) is 12.1 Å². The molecule has 1 atom stereocenters. The van der Waals surface area contributed by atoms with Crippen LogP contribution in [0.3, 0.4) is 0 Å². The first-order valence-electron chi connectivity index (χ1n) is 3.27. The molecule has 0 unspecified atom stereocenters. The third kappa shape index (κ3) is 3.19. The number of alkyl halides is 2. The fraction of sp³-hybridized carbons (Fsp3) is 0.429. The molecular formula is C7H10ClF2NO. The molecule has 1 rings (SSSR count). The van der Waals surface area contributed by atoms with E-state index in [-0.39, 0.29) is 18.8 Å². The number of halogens is 3. The van der Waals surface area contributed by atoms with Crippen molar-refractivity contribution in [1.29, 1.82) is 0 Å². The summed E-state index contributed by atoms with van der Waals surface area (Å²) in [4.78, 5) is 0. The molecule has 0 amide bonds. The first-order valence-corrected chi connectivity index (χ1v) is 3.27. The van der Waals surface area contributed by atoms with Gasteiger partial charge in [-0.25, -0.2) is 8.78 Å². The van der Waals surface area contributed by atoms with Crippen molar-refractivity contribution in [2.75, 3.05) is 0 Å². The Morgan fingerprint density at radius 3 is 2.58 bits per heavy atom. The van der Waals surface area contributed by atoms with E-state index in [1.165, 1.54) is 6.26 Å². The average Bonchev–Trinajstić information content (AvgIpc) is 2.35. The van der Waals surface area contributed by atoms with Crippen molar-refractivity contribution in [2.24, 2.45) is 5.73 Å². The average molecular weight is 198 g/mol. The van der Waals surface area contributed by atoms with Crippen LogP contribution in [0.5, 0.6) is 0 Å². The fourth-order valence-corrected chi connectivity index (χ4v) is 0.810. The van der Waals surface area contributed by atoms with Gasteiger partial charge in [0.2, 0.25) is 6.43 Å². The number of furan rings is 1. The molecule has 0 spiro atoms. The number of rotatable bonds is 3. The van der Waals surface area contributed by atoms with Crippen LogP contribution in [0.1, 0.15) is 18.2 Å². The van der Waals surface area contributed by atoms with Gasteiger partial charge < -0.3 is 10.2 Å². The molecule has 0 saturated carbocycles. The Morgan fingerprint density at radius 2 is 2.17 bits per heavy atom. The molecule has 0 aliphatic heterocycles. The van der Waals surface area contributed by atoms with E-state index in [4.69, 9.17) is 10.2 Å². The van der Waals surface area contributed by atoms with E-state index in [2.05, 4.69) is 0 Å². The standard InChI is InChI=1S/C7H9F2NO.ClH/c8-7(9)4-5(10)6-2-1-3-11-6;/h1-3,5,7H,4,10H2;1H/t5-;/m1./s1. The van der Waals surface area contributed by atoms with Crippen LogP contribution in [-0.2, 0) is 0 Å². The Kier molecular flexibility index (Phi) is 4.85. The van der Waals surface area contributed by atoms with Crippen LogP contribution < -0.4 is 5.73 Å². The summed E-state index contributed by atoms with van der Waals surface area (Å²) < 4.78 is 28.3. The Bertz CT molecular complexity index is 203. The quantitative estimate of drug-likeness (QED) is 0.808. The number of hydrogen-bond donors (Lipinski definition) is 1. The molecule has 0 fully saturated rings. The van der Waals surface area contributed by atoms with Gasteiger partial charge in [0.15, 0.2) is 0 Å². The van der Waals surface area contributed by atoms with Gasteiger partial charge in [-0.1, -0.05) is 0 Å². The second-order valence-corrected chi connectivity index (χ2v) is 2.25. The van der Waals surface area contributed by atoms with Gasteiger partial charge in [-0.15, -0.1) is 12.4 Å². The van der Waals surface area contributed by atoms with E-state index >= 15 is 0 Å². The van der Waals surface area contributed by atoms with Gasteiger partial charge >= 0.3 is 0 Å². The van der Waals surface area contributed by atoms with Gasteiger partial charge in [-0.05, 0) is 12.1 Å². The van der Waals surface area contributed by atoms with Crippen LogP contribution in [0.25, 0.3) is 0 Å². The Morgan fingerprint density at radius 1 is 1.50 bits per heavy atom. The number of hydrogen-bond acceptors (Lipinski definition) is 2. The first kappa shape index (κ1) is 11.4. The lowest BCUT2D eigenvalue weighted by Crippen LogP contribution is -2.12. The van der Waals surface area contributed by atoms with Gasteiger partial charge in [-0.3, -0.25) is 0 Å². The number of nitrogens with two attached hydrogens (primary N) is 1. The van der Waals surface area contributed by atoms with E-state index in [0.717, 1.165) is 0 Å². The zero-order valence-corrected chi connectivity index (χ0v) is 7.06. The Hall–Kier alpha value is -0.610. The van der Waals surface area contributed by atoms with Crippen molar-refractivity contribution < 1.29 is 13.2 Å². The third-order valence-corrected chi connectivity index (χ3v) is 1.34. The molecule has 70 valence electrons. The van der Waals surface area contributed by atoms with Gasteiger partial charge in [0.1, 0.15) is 5.76 Å². The minimum atomic E-state index is -2.38. The lowest BCUT2D eigenvalue weighted by Gasteiger charge is -2.06. The smallest absolute Gasteiger partial charge is 0.240 e. The molecule has 5 heteroatoms. The van der Waals surface area contributed by atoms with E-state index in [1.807, 2.05) is 0 Å². The van der Waals surface area contributed by atoms with Crippen LogP contribution in [0.2, 0.25) is 0 Å². The molecule has 0 aliphatic carbocycles. The second kappa shape index (κ2) is 5.11. The van der Waals surface area contributed by atoms with Crippen molar-refractivity contribution in [2.45, 2.75) is 18.9 Å². The molecule has 0 saturated heterocycles. The summed E-state index contributed by atoms with van der Waals surface area (Å²) in [6, 6.07) is 2.53. The van der Waals surface area contributed by atoms with E-state index < -0.39 is 12.5 Å². The molecule has 1 aromatic heterocycles.